The van der Waals surface area contributed by atoms with Crippen LogP contribution in [0.3, 0.4) is 0 Å². The van der Waals surface area contributed by atoms with Gasteiger partial charge in [-0.15, -0.1) is 0 Å². The number of phenolic OH excluding ortho intramolecular Hbond substituents is 1. The van der Waals surface area contributed by atoms with Crippen molar-refractivity contribution < 1.29 is 23.4 Å². The third kappa shape index (κ3) is 6.04. The second-order valence-corrected chi connectivity index (χ2v) is 12.0. The van der Waals surface area contributed by atoms with Crippen molar-refractivity contribution in [3.05, 3.63) is 63.6 Å². The minimum atomic E-state index is -4.15. The molecule has 1 amide bonds. The van der Waals surface area contributed by atoms with E-state index in [0.717, 1.165) is 0 Å². The summed E-state index contributed by atoms with van der Waals surface area (Å²) in [5.74, 6) is -0.281. The fourth-order valence-electron chi connectivity index (χ4n) is 3.39. The van der Waals surface area contributed by atoms with E-state index in [0.29, 0.717) is 16.7 Å². The molecular weight excluding hydrogens is 452 g/mol. The van der Waals surface area contributed by atoms with Crippen LogP contribution in [0.1, 0.15) is 68.6 Å². The summed E-state index contributed by atoms with van der Waals surface area (Å²) in [5.41, 5.74) is 1.21. The number of nitriles is 1. The van der Waals surface area contributed by atoms with Crippen LogP contribution in [0.15, 0.2) is 46.2 Å². The standard InChI is InChI=1S/C26H32N2O5S/c1-25(2,3)21-14-17(15-22(23(21)30)26(4,5)6)13-20(16-27)34(32,33)19-9-7-18(8-10-19)24(31)28-11-12-29/h7-10,13-15,29-30H,11-12H2,1-6H3,(H,28,31). The molecule has 0 aliphatic rings. The molecule has 0 unspecified atom stereocenters. The minimum Gasteiger partial charge on any atom is -0.507 e. The van der Waals surface area contributed by atoms with Crippen LogP contribution in [-0.4, -0.2) is 37.7 Å². The second kappa shape index (κ2) is 10.00. The Labute approximate surface area is 201 Å². The van der Waals surface area contributed by atoms with E-state index in [9.17, 15) is 23.6 Å². The number of carbonyl (C=O) groups excluding carboxylic acids is 1. The van der Waals surface area contributed by atoms with Crippen molar-refractivity contribution in [1.29, 1.82) is 5.26 Å². The topological polar surface area (TPSA) is 127 Å². The van der Waals surface area contributed by atoms with E-state index >= 15 is 0 Å². The molecule has 0 aromatic heterocycles. The minimum absolute atomic E-state index is 0.0833. The molecule has 8 heteroatoms. The number of nitrogens with one attached hydrogen (secondary N) is 1. The molecule has 0 saturated carbocycles. The second-order valence-electron chi connectivity index (χ2n) is 10.1. The number of benzene rings is 2. The van der Waals surface area contributed by atoms with Crippen molar-refractivity contribution in [2.24, 2.45) is 0 Å². The lowest BCUT2D eigenvalue weighted by Crippen LogP contribution is -2.26. The van der Waals surface area contributed by atoms with Gasteiger partial charge in [-0.2, -0.15) is 5.26 Å². The van der Waals surface area contributed by atoms with Crippen molar-refractivity contribution in [3.8, 4) is 11.8 Å². The summed E-state index contributed by atoms with van der Waals surface area (Å²) in [6.07, 6.45) is 1.31. The molecule has 0 aliphatic heterocycles. The van der Waals surface area contributed by atoms with Crippen molar-refractivity contribution >= 4 is 21.8 Å². The predicted octanol–water partition coefficient (Wildman–Crippen LogP) is 4.05. The third-order valence-electron chi connectivity index (χ3n) is 5.27. The number of hydrogen-bond donors (Lipinski definition) is 3. The molecule has 0 aliphatic carbocycles. The number of phenols is 1. The van der Waals surface area contributed by atoms with E-state index in [-0.39, 0.29) is 29.4 Å². The number of rotatable bonds is 6. The van der Waals surface area contributed by atoms with Gasteiger partial charge in [-0.25, -0.2) is 8.42 Å². The number of amides is 1. The zero-order chi connectivity index (χ0) is 25.9. The highest BCUT2D eigenvalue weighted by Gasteiger charge is 2.27. The van der Waals surface area contributed by atoms with Gasteiger partial charge in [0.1, 0.15) is 16.7 Å². The van der Waals surface area contributed by atoms with Crippen LogP contribution in [-0.2, 0) is 20.7 Å². The number of aliphatic hydroxyl groups is 1. The lowest BCUT2D eigenvalue weighted by Gasteiger charge is -2.28. The van der Waals surface area contributed by atoms with Crippen LogP contribution in [0.4, 0.5) is 0 Å². The largest absolute Gasteiger partial charge is 0.507 e. The first kappa shape index (κ1) is 27.1. The van der Waals surface area contributed by atoms with E-state index < -0.39 is 31.5 Å². The highest BCUT2D eigenvalue weighted by molar-refractivity contribution is 7.95. The summed E-state index contributed by atoms with van der Waals surface area (Å²) in [6.45, 7) is 11.6. The van der Waals surface area contributed by atoms with Crippen molar-refractivity contribution in [3.63, 3.8) is 0 Å². The van der Waals surface area contributed by atoms with Gasteiger partial charge in [-0.3, -0.25) is 4.79 Å². The number of aromatic hydroxyl groups is 1. The molecule has 2 aromatic rings. The maximum absolute atomic E-state index is 13.2. The quantitative estimate of drug-likeness (QED) is 0.531. The third-order valence-corrected chi connectivity index (χ3v) is 6.95. The zero-order valence-corrected chi connectivity index (χ0v) is 21.2. The number of aliphatic hydroxyl groups excluding tert-OH is 1. The highest BCUT2D eigenvalue weighted by Crippen LogP contribution is 2.40. The van der Waals surface area contributed by atoms with Crippen molar-refractivity contribution in [1.82, 2.24) is 5.32 Å². The molecule has 7 nitrogen and oxygen atoms in total. The van der Waals surface area contributed by atoms with Gasteiger partial charge in [0.25, 0.3) is 5.91 Å². The van der Waals surface area contributed by atoms with Crippen LogP contribution in [0.25, 0.3) is 6.08 Å². The van der Waals surface area contributed by atoms with E-state index in [2.05, 4.69) is 5.32 Å². The van der Waals surface area contributed by atoms with Crippen LogP contribution in [0, 0.1) is 11.3 Å². The lowest BCUT2D eigenvalue weighted by molar-refractivity contribution is 0.0944. The SMILES string of the molecule is CC(C)(C)c1cc(C=C(C#N)S(=O)(=O)c2ccc(C(=O)NCCO)cc2)cc(C(C)(C)C)c1O. The number of allylic oxidation sites excluding steroid dienone is 1. The van der Waals surface area contributed by atoms with Crippen molar-refractivity contribution in [2.45, 2.75) is 57.3 Å². The van der Waals surface area contributed by atoms with Gasteiger partial charge in [0.2, 0.25) is 9.84 Å². The Morgan fingerprint density at radius 3 is 1.94 bits per heavy atom. The van der Waals surface area contributed by atoms with E-state index in [1.807, 2.05) is 41.5 Å². The molecular formula is C26H32N2O5S. The number of sulfone groups is 1. The van der Waals surface area contributed by atoms with E-state index in [1.54, 1.807) is 18.2 Å². The molecule has 0 fully saturated rings. The first-order valence-corrected chi connectivity index (χ1v) is 12.3. The first-order chi connectivity index (χ1) is 15.6. The van der Waals surface area contributed by atoms with Gasteiger partial charge >= 0.3 is 0 Å². The molecule has 0 radical (unpaired) electrons. The maximum atomic E-state index is 13.2. The lowest BCUT2D eigenvalue weighted by atomic mass is 9.78. The summed E-state index contributed by atoms with van der Waals surface area (Å²) >= 11 is 0. The molecule has 2 aromatic carbocycles. The summed E-state index contributed by atoms with van der Waals surface area (Å²) < 4.78 is 26.4. The van der Waals surface area contributed by atoms with Gasteiger partial charge in [-0.1, -0.05) is 41.5 Å². The van der Waals surface area contributed by atoms with Gasteiger partial charge < -0.3 is 15.5 Å². The Kier molecular flexibility index (Phi) is 7.97. The van der Waals surface area contributed by atoms with E-state index in [4.69, 9.17) is 5.11 Å². The molecule has 0 atom stereocenters. The molecule has 2 rings (SSSR count). The Morgan fingerprint density at radius 2 is 1.53 bits per heavy atom. The molecule has 34 heavy (non-hydrogen) atoms. The van der Waals surface area contributed by atoms with Crippen LogP contribution >= 0.6 is 0 Å². The van der Waals surface area contributed by atoms with Crippen LogP contribution < -0.4 is 5.32 Å². The van der Waals surface area contributed by atoms with Gasteiger partial charge in [0.15, 0.2) is 0 Å². The zero-order valence-electron chi connectivity index (χ0n) is 20.4. The molecule has 0 bridgehead atoms. The monoisotopic (exact) mass is 484 g/mol. The average molecular weight is 485 g/mol. The summed E-state index contributed by atoms with van der Waals surface area (Å²) in [4.78, 5) is 11.4. The molecule has 0 saturated heterocycles. The number of carbonyl (C=O) groups is 1. The van der Waals surface area contributed by atoms with Crippen LogP contribution in [0.2, 0.25) is 0 Å². The Morgan fingerprint density at radius 1 is 1.03 bits per heavy atom. The molecule has 0 spiro atoms. The Bertz CT molecular complexity index is 1210. The number of nitrogens with zero attached hydrogens (tertiary/aromatic N) is 1. The highest BCUT2D eigenvalue weighted by atomic mass is 32.2. The van der Waals surface area contributed by atoms with E-state index in [1.165, 1.54) is 30.3 Å². The smallest absolute Gasteiger partial charge is 0.251 e. The Hall–Kier alpha value is -3.15. The number of hydrogen-bond acceptors (Lipinski definition) is 6. The average Bonchev–Trinajstić information content (AvgIpc) is 2.74. The molecule has 3 N–H and O–H groups in total. The fraction of sp³-hybridized carbons (Fsp3) is 0.385. The Balaban J connectivity index is 2.58. The van der Waals surface area contributed by atoms with Gasteiger partial charge in [0, 0.05) is 23.2 Å². The van der Waals surface area contributed by atoms with Crippen molar-refractivity contribution in [2.75, 3.05) is 13.2 Å². The maximum Gasteiger partial charge on any atom is 0.251 e. The summed E-state index contributed by atoms with van der Waals surface area (Å²) in [7, 11) is -4.15. The van der Waals surface area contributed by atoms with Gasteiger partial charge in [0.05, 0.1) is 11.5 Å². The summed E-state index contributed by atoms with van der Waals surface area (Å²) in [5, 5.41) is 31.9. The summed E-state index contributed by atoms with van der Waals surface area (Å²) in [6, 6.07) is 10.4. The first-order valence-electron chi connectivity index (χ1n) is 10.9. The fourth-order valence-corrected chi connectivity index (χ4v) is 4.55. The van der Waals surface area contributed by atoms with Crippen LogP contribution in [0.5, 0.6) is 5.75 Å². The predicted molar refractivity (Wildman–Crippen MR) is 132 cm³/mol. The molecule has 0 heterocycles. The normalized spacial score (nSPS) is 12.8. The molecule has 182 valence electrons. The van der Waals surface area contributed by atoms with Gasteiger partial charge in [-0.05, 0) is 58.9 Å².